The van der Waals surface area contributed by atoms with Crippen molar-refractivity contribution in [3.63, 3.8) is 0 Å². The average Bonchev–Trinajstić information content (AvgIpc) is 3.40. The maximum absolute atomic E-state index is 13.3. The molecule has 2 fully saturated rings. The lowest BCUT2D eigenvalue weighted by atomic mass is 9.78. The Morgan fingerprint density at radius 3 is 2.19 bits per heavy atom. The highest BCUT2D eigenvalue weighted by Crippen LogP contribution is 2.41. The van der Waals surface area contributed by atoms with Crippen molar-refractivity contribution in [2.45, 2.75) is 57.0 Å². The van der Waals surface area contributed by atoms with E-state index in [2.05, 4.69) is 46.6 Å². The maximum atomic E-state index is 13.3. The molecule has 1 heterocycles. The molecule has 1 aliphatic heterocycles. The molecular formula is C24H30N2O. The number of hydrogen-bond acceptors (Lipinski definition) is 2. The summed E-state index contributed by atoms with van der Waals surface area (Å²) in [6.07, 6.45) is 6.79. The highest BCUT2D eigenvalue weighted by atomic mass is 16.2. The Labute approximate surface area is 162 Å². The second-order valence-corrected chi connectivity index (χ2v) is 8.09. The minimum atomic E-state index is -0.342. The van der Waals surface area contributed by atoms with Gasteiger partial charge in [0, 0.05) is 13.1 Å². The van der Waals surface area contributed by atoms with Crippen molar-refractivity contribution in [2.75, 3.05) is 13.1 Å². The van der Waals surface area contributed by atoms with E-state index in [-0.39, 0.29) is 11.3 Å². The molecule has 1 saturated heterocycles. The van der Waals surface area contributed by atoms with E-state index in [0.717, 1.165) is 32.2 Å². The van der Waals surface area contributed by atoms with Crippen molar-refractivity contribution in [1.29, 1.82) is 0 Å². The third-order valence-corrected chi connectivity index (χ3v) is 6.37. The first-order valence-corrected chi connectivity index (χ1v) is 10.4. The average molecular weight is 363 g/mol. The molecule has 0 bridgehead atoms. The third kappa shape index (κ3) is 3.93. The van der Waals surface area contributed by atoms with Gasteiger partial charge < -0.3 is 5.32 Å². The molecule has 4 rings (SSSR count). The van der Waals surface area contributed by atoms with Crippen LogP contribution < -0.4 is 5.32 Å². The number of carbonyl (C=O) groups excluding carboxylic acids is 1. The fourth-order valence-corrected chi connectivity index (χ4v) is 4.79. The summed E-state index contributed by atoms with van der Waals surface area (Å²) < 4.78 is 0. The quantitative estimate of drug-likeness (QED) is 0.825. The number of nitrogens with zero attached hydrogens (tertiary/aromatic N) is 1. The van der Waals surface area contributed by atoms with Gasteiger partial charge in [-0.3, -0.25) is 9.69 Å². The number of hydrogen-bond donors (Lipinski definition) is 1. The monoisotopic (exact) mass is 362 g/mol. The summed E-state index contributed by atoms with van der Waals surface area (Å²) in [4.78, 5) is 15.8. The highest BCUT2D eigenvalue weighted by molar-refractivity contribution is 5.88. The second kappa shape index (κ2) is 8.26. The highest BCUT2D eigenvalue weighted by Gasteiger charge is 2.42. The predicted octanol–water partition coefficient (Wildman–Crippen LogP) is 4.41. The Bertz CT molecular complexity index is 759. The number of likely N-dealkylation sites (tertiary alicyclic amines) is 1. The number of amides is 1. The van der Waals surface area contributed by atoms with Gasteiger partial charge in [-0.1, -0.05) is 67.4 Å². The molecule has 3 nitrogen and oxygen atoms in total. The Balaban J connectivity index is 1.47. The van der Waals surface area contributed by atoms with Crippen LogP contribution in [0.4, 0.5) is 0 Å². The molecule has 3 heteroatoms. The zero-order valence-electron chi connectivity index (χ0n) is 16.1. The molecule has 1 amide bonds. The topological polar surface area (TPSA) is 32.3 Å². The number of nitrogens with one attached hydrogen (secondary N) is 1. The summed E-state index contributed by atoms with van der Waals surface area (Å²) in [6, 6.07) is 18.9. The van der Waals surface area contributed by atoms with Gasteiger partial charge in [-0.25, -0.2) is 0 Å². The maximum Gasteiger partial charge on any atom is 0.230 e. The zero-order chi connectivity index (χ0) is 18.5. The molecule has 0 spiro atoms. The predicted molar refractivity (Wildman–Crippen MR) is 109 cm³/mol. The Kier molecular flexibility index (Phi) is 5.58. The van der Waals surface area contributed by atoms with Crippen LogP contribution in [0.15, 0.2) is 54.6 Å². The van der Waals surface area contributed by atoms with Gasteiger partial charge in [0.2, 0.25) is 5.91 Å². The zero-order valence-corrected chi connectivity index (χ0v) is 16.1. The first-order valence-electron chi connectivity index (χ1n) is 10.4. The molecule has 0 atom stereocenters. The smallest absolute Gasteiger partial charge is 0.230 e. The van der Waals surface area contributed by atoms with Crippen LogP contribution in [0.1, 0.15) is 55.2 Å². The molecule has 2 aromatic rings. The van der Waals surface area contributed by atoms with E-state index in [1.54, 1.807) is 0 Å². The molecule has 1 N–H and O–H groups in total. The first kappa shape index (κ1) is 18.2. The van der Waals surface area contributed by atoms with Gasteiger partial charge in [0.25, 0.3) is 0 Å². The summed E-state index contributed by atoms with van der Waals surface area (Å²) in [5, 5.41) is 3.29. The van der Waals surface area contributed by atoms with Gasteiger partial charge >= 0.3 is 0 Å². The molecule has 0 radical (unpaired) electrons. The molecule has 1 saturated carbocycles. The van der Waals surface area contributed by atoms with Crippen LogP contribution in [0, 0.1) is 0 Å². The third-order valence-electron chi connectivity index (χ3n) is 6.37. The fourth-order valence-electron chi connectivity index (χ4n) is 4.79. The fraction of sp³-hybridized carbons (Fsp3) is 0.458. The van der Waals surface area contributed by atoms with E-state index in [0.29, 0.717) is 6.54 Å². The van der Waals surface area contributed by atoms with Crippen LogP contribution in [-0.2, 0) is 23.3 Å². The first-order chi connectivity index (χ1) is 13.3. The Morgan fingerprint density at radius 2 is 1.48 bits per heavy atom. The van der Waals surface area contributed by atoms with Crippen LogP contribution in [0.2, 0.25) is 0 Å². The van der Waals surface area contributed by atoms with Gasteiger partial charge in [0.05, 0.1) is 5.41 Å². The van der Waals surface area contributed by atoms with Gasteiger partial charge in [-0.05, 0) is 55.5 Å². The van der Waals surface area contributed by atoms with Crippen LogP contribution in [-0.4, -0.2) is 23.9 Å². The largest absolute Gasteiger partial charge is 0.351 e. The molecule has 27 heavy (non-hydrogen) atoms. The molecule has 2 aromatic carbocycles. The molecule has 1 aliphatic carbocycles. The molecular weight excluding hydrogens is 332 g/mol. The second-order valence-electron chi connectivity index (χ2n) is 8.09. The summed E-state index contributed by atoms with van der Waals surface area (Å²) in [5.41, 5.74) is 3.43. The lowest BCUT2D eigenvalue weighted by Crippen LogP contribution is -2.42. The minimum Gasteiger partial charge on any atom is -0.351 e. The molecule has 2 aliphatic rings. The van der Waals surface area contributed by atoms with Crippen molar-refractivity contribution < 1.29 is 4.79 Å². The summed E-state index contributed by atoms with van der Waals surface area (Å²) in [6.45, 7) is 4.00. The summed E-state index contributed by atoms with van der Waals surface area (Å²) in [5.74, 6) is 0.196. The lowest BCUT2D eigenvalue weighted by Gasteiger charge is -2.28. The van der Waals surface area contributed by atoms with Crippen LogP contribution >= 0.6 is 0 Å². The molecule has 0 aromatic heterocycles. The van der Waals surface area contributed by atoms with Gasteiger partial charge in [0.15, 0.2) is 0 Å². The van der Waals surface area contributed by atoms with Gasteiger partial charge in [-0.2, -0.15) is 0 Å². The van der Waals surface area contributed by atoms with Crippen LogP contribution in [0.5, 0.6) is 0 Å². The van der Waals surface area contributed by atoms with E-state index in [9.17, 15) is 4.79 Å². The van der Waals surface area contributed by atoms with E-state index in [1.165, 1.54) is 42.6 Å². The summed E-state index contributed by atoms with van der Waals surface area (Å²) >= 11 is 0. The van der Waals surface area contributed by atoms with Crippen LogP contribution in [0.3, 0.4) is 0 Å². The van der Waals surface area contributed by atoms with Gasteiger partial charge in [-0.15, -0.1) is 0 Å². The van der Waals surface area contributed by atoms with E-state index >= 15 is 0 Å². The molecule has 142 valence electrons. The van der Waals surface area contributed by atoms with Crippen molar-refractivity contribution in [1.82, 2.24) is 10.2 Å². The van der Waals surface area contributed by atoms with Crippen molar-refractivity contribution in [2.24, 2.45) is 0 Å². The minimum absolute atomic E-state index is 0.196. The number of rotatable bonds is 6. The van der Waals surface area contributed by atoms with Crippen molar-refractivity contribution in [3.05, 3.63) is 71.3 Å². The molecule has 0 unspecified atom stereocenters. The van der Waals surface area contributed by atoms with E-state index in [4.69, 9.17) is 0 Å². The van der Waals surface area contributed by atoms with Crippen molar-refractivity contribution in [3.8, 4) is 0 Å². The standard InChI is InChI=1S/C24H30N2O/c27-23(24(14-6-7-15-24)22-12-2-1-3-13-22)25-18-20-10-4-5-11-21(20)19-26-16-8-9-17-26/h1-5,10-13H,6-9,14-19H2,(H,25,27). The Morgan fingerprint density at radius 1 is 0.852 bits per heavy atom. The van der Waals surface area contributed by atoms with E-state index in [1.807, 2.05) is 18.2 Å². The van der Waals surface area contributed by atoms with Gasteiger partial charge in [0.1, 0.15) is 0 Å². The SMILES string of the molecule is O=C(NCc1ccccc1CN1CCCC1)C1(c2ccccc2)CCCC1. The normalized spacial score (nSPS) is 19.3. The van der Waals surface area contributed by atoms with E-state index < -0.39 is 0 Å². The van der Waals surface area contributed by atoms with Crippen molar-refractivity contribution >= 4 is 5.91 Å². The Hall–Kier alpha value is -2.13. The van der Waals surface area contributed by atoms with Crippen LogP contribution in [0.25, 0.3) is 0 Å². The lowest BCUT2D eigenvalue weighted by molar-refractivity contribution is -0.126. The number of benzene rings is 2. The summed E-state index contributed by atoms with van der Waals surface area (Å²) in [7, 11) is 0. The number of carbonyl (C=O) groups is 1.